The number of hydrogen-bond donors (Lipinski definition) is 1. The highest BCUT2D eigenvalue weighted by Gasteiger charge is 2.17. The molecule has 1 fully saturated rings. The standard InChI is InChI=1S/C12H25N3O/c1-11(7-10-14(2)3)13-12(16)15-8-5-4-6-9-15/h11H,4-10H2,1-3H3,(H,13,16). The molecular formula is C12H25N3O. The Morgan fingerprint density at radius 3 is 2.50 bits per heavy atom. The van der Waals surface area contributed by atoms with Gasteiger partial charge in [-0.1, -0.05) is 0 Å². The lowest BCUT2D eigenvalue weighted by Gasteiger charge is -2.28. The van der Waals surface area contributed by atoms with Crippen molar-refractivity contribution < 1.29 is 4.79 Å². The Morgan fingerprint density at radius 2 is 1.94 bits per heavy atom. The molecule has 0 aliphatic carbocycles. The maximum absolute atomic E-state index is 11.9. The molecule has 4 nitrogen and oxygen atoms in total. The van der Waals surface area contributed by atoms with Crippen LogP contribution >= 0.6 is 0 Å². The van der Waals surface area contributed by atoms with E-state index >= 15 is 0 Å². The van der Waals surface area contributed by atoms with Crippen molar-refractivity contribution >= 4 is 6.03 Å². The maximum atomic E-state index is 11.9. The number of amides is 2. The molecule has 0 aromatic heterocycles. The van der Waals surface area contributed by atoms with Crippen LogP contribution in [-0.4, -0.2) is 55.6 Å². The zero-order valence-electron chi connectivity index (χ0n) is 10.8. The van der Waals surface area contributed by atoms with E-state index < -0.39 is 0 Å². The summed E-state index contributed by atoms with van der Waals surface area (Å²) in [5, 5.41) is 3.07. The van der Waals surface area contributed by atoms with Crippen molar-refractivity contribution in [2.24, 2.45) is 0 Å². The fourth-order valence-corrected chi connectivity index (χ4v) is 1.92. The van der Waals surface area contributed by atoms with Crippen molar-refractivity contribution in [2.75, 3.05) is 33.7 Å². The van der Waals surface area contributed by atoms with Crippen LogP contribution in [0.4, 0.5) is 4.79 Å². The number of carbonyl (C=O) groups excluding carboxylic acids is 1. The van der Waals surface area contributed by atoms with Crippen molar-refractivity contribution in [3.63, 3.8) is 0 Å². The van der Waals surface area contributed by atoms with Crippen LogP contribution in [0.3, 0.4) is 0 Å². The van der Waals surface area contributed by atoms with Crippen LogP contribution in [0.25, 0.3) is 0 Å². The van der Waals surface area contributed by atoms with E-state index in [1.54, 1.807) is 0 Å². The van der Waals surface area contributed by atoms with Crippen LogP contribution < -0.4 is 5.32 Å². The molecule has 94 valence electrons. The van der Waals surface area contributed by atoms with Crippen LogP contribution in [0, 0.1) is 0 Å². The number of likely N-dealkylation sites (tertiary alicyclic amines) is 1. The lowest BCUT2D eigenvalue weighted by atomic mass is 10.1. The minimum Gasteiger partial charge on any atom is -0.335 e. The first-order valence-electron chi connectivity index (χ1n) is 6.30. The number of nitrogens with one attached hydrogen (secondary N) is 1. The second-order valence-electron chi connectivity index (χ2n) is 4.99. The monoisotopic (exact) mass is 227 g/mol. The summed E-state index contributed by atoms with van der Waals surface area (Å²) in [7, 11) is 4.11. The fraction of sp³-hybridized carbons (Fsp3) is 0.917. The number of carbonyl (C=O) groups is 1. The SMILES string of the molecule is CC(CCN(C)C)NC(=O)N1CCCCC1. The fourth-order valence-electron chi connectivity index (χ4n) is 1.92. The molecule has 0 aromatic rings. The second kappa shape index (κ2) is 6.74. The summed E-state index contributed by atoms with van der Waals surface area (Å²) in [6.45, 7) is 4.94. The van der Waals surface area contributed by atoms with Crippen molar-refractivity contribution in [3.05, 3.63) is 0 Å². The molecule has 1 heterocycles. The summed E-state index contributed by atoms with van der Waals surface area (Å²) >= 11 is 0. The molecule has 0 spiro atoms. The largest absolute Gasteiger partial charge is 0.335 e. The normalized spacial score (nSPS) is 18.6. The average molecular weight is 227 g/mol. The van der Waals surface area contributed by atoms with Crippen LogP contribution in [0.15, 0.2) is 0 Å². The molecule has 0 aromatic carbocycles. The molecule has 1 N–H and O–H groups in total. The molecule has 1 unspecified atom stereocenters. The minimum absolute atomic E-state index is 0.117. The van der Waals surface area contributed by atoms with Crippen LogP contribution in [0.5, 0.6) is 0 Å². The maximum Gasteiger partial charge on any atom is 0.317 e. The van der Waals surface area contributed by atoms with E-state index in [1.165, 1.54) is 6.42 Å². The van der Waals surface area contributed by atoms with Gasteiger partial charge in [0.05, 0.1) is 0 Å². The smallest absolute Gasteiger partial charge is 0.317 e. The van der Waals surface area contributed by atoms with E-state index in [1.807, 2.05) is 4.90 Å². The van der Waals surface area contributed by atoms with Crippen molar-refractivity contribution in [2.45, 2.75) is 38.6 Å². The minimum atomic E-state index is 0.117. The molecule has 1 aliphatic rings. The van der Waals surface area contributed by atoms with E-state index in [4.69, 9.17) is 0 Å². The van der Waals surface area contributed by atoms with E-state index in [2.05, 4.69) is 31.2 Å². The number of urea groups is 1. The van der Waals surface area contributed by atoms with Gasteiger partial charge in [-0.05, 0) is 53.2 Å². The van der Waals surface area contributed by atoms with Gasteiger partial charge in [0.25, 0.3) is 0 Å². The van der Waals surface area contributed by atoms with E-state index in [-0.39, 0.29) is 12.1 Å². The Kier molecular flexibility index (Phi) is 5.60. The summed E-state index contributed by atoms with van der Waals surface area (Å²) < 4.78 is 0. The van der Waals surface area contributed by atoms with Crippen LogP contribution in [-0.2, 0) is 0 Å². The zero-order chi connectivity index (χ0) is 12.0. The lowest BCUT2D eigenvalue weighted by Crippen LogP contribution is -2.46. The topological polar surface area (TPSA) is 35.6 Å². The number of rotatable bonds is 4. The number of nitrogens with zero attached hydrogens (tertiary/aromatic N) is 2. The van der Waals surface area contributed by atoms with E-state index in [9.17, 15) is 4.79 Å². The van der Waals surface area contributed by atoms with Crippen LogP contribution in [0.1, 0.15) is 32.6 Å². The number of hydrogen-bond acceptors (Lipinski definition) is 2. The molecule has 0 bridgehead atoms. The van der Waals surface area contributed by atoms with Gasteiger partial charge in [-0.2, -0.15) is 0 Å². The third-order valence-electron chi connectivity index (χ3n) is 3.02. The highest BCUT2D eigenvalue weighted by atomic mass is 16.2. The van der Waals surface area contributed by atoms with Crippen LogP contribution in [0.2, 0.25) is 0 Å². The van der Waals surface area contributed by atoms with Gasteiger partial charge in [0.1, 0.15) is 0 Å². The Hall–Kier alpha value is -0.770. The first-order valence-corrected chi connectivity index (χ1v) is 6.30. The Morgan fingerprint density at radius 1 is 1.31 bits per heavy atom. The summed E-state index contributed by atoms with van der Waals surface area (Å²) in [6.07, 6.45) is 4.57. The molecule has 1 saturated heterocycles. The Balaban J connectivity index is 2.21. The van der Waals surface area contributed by atoms with Crippen molar-refractivity contribution in [1.29, 1.82) is 0 Å². The summed E-state index contributed by atoms with van der Waals surface area (Å²) in [4.78, 5) is 15.9. The van der Waals surface area contributed by atoms with Gasteiger partial charge in [0.2, 0.25) is 0 Å². The second-order valence-corrected chi connectivity index (χ2v) is 4.99. The molecule has 0 radical (unpaired) electrons. The van der Waals surface area contributed by atoms with Gasteiger partial charge in [-0.15, -0.1) is 0 Å². The highest BCUT2D eigenvalue weighted by Crippen LogP contribution is 2.08. The summed E-state index contributed by atoms with van der Waals surface area (Å²) in [5.41, 5.74) is 0. The Bertz CT molecular complexity index is 212. The van der Waals surface area contributed by atoms with Gasteiger partial charge in [-0.25, -0.2) is 4.79 Å². The zero-order valence-corrected chi connectivity index (χ0v) is 10.8. The van der Waals surface area contributed by atoms with Gasteiger partial charge in [-0.3, -0.25) is 0 Å². The van der Waals surface area contributed by atoms with E-state index in [0.29, 0.717) is 0 Å². The predicted octanol–water partition coefficient (Wildman–Crippen LogP) is 1.52. The van der Waals surface area contributed by atoms with Gasteiger partial charge < -0.3 is 15.1 Å². The molecule has 4 heteroatoms. The molecule has 1 atom stereocenters. The molecular weight excluding hydrogens is 202 g/mol. The van der Waals surface area contributed by atoms with Gasteiger partial charge in [0.15, 0.2) is 0 Å². The number of piperidine rings is 1. The summed E-state index contributed by atoms with van der Waals surface area (Å²) in [6, 6.07) is 0.378. The van der Waals surface area contributed by atoms with Crippen molar-refractivity contribution in [3.8, 4) is 0 Å². The van der Waals surface area contributed by atoms with Crippen molar-refractivity contribution in [1.82, 2.24) is 15.1 Å². The molecule has 1 rings (SSSR count). The first kappa shape index (κ1) is 13.3. The molecule has 16 heavy (non-hydrogen) atoms. The Labute approximate surface area is 99.0 Å². The quantitative estimate of drug-likeness (QED) is 0.790. The molecule has 0 saturated carbocycles. The summed E-state index contributed by atoms with van der Waals surface area (Å²) in [5.74, 6) is 0. The molecule has 2 amide bonds. The molecule has 1 aliphatic heterocycles. The lowest BCUT2D eigenvalue weighted by molar-refractivity contribution is 0.182. The predicted molar refractivity (Wildman–Crippen MR) is 66.6 cm³/mol. The van der Waals surface area contributed by atoms with Gasteiger partial charge >= 0.3 is 6.03 Å². The van der Waals surface area contributed by atoms with E-state index in [0.717, 1.165) is 38.9 Å². The third kappa shape index (κ3) is 4.84. The van der Waals surface area contributed by atoms with Gasteiger partial charge in [0, 0.05) is 19.1 Å². The highest BCUT2D eigenvalue weighted by molar-refractivity contribution is 5.74. The third-order valence-corrected chi connectivity index (χ3v) is 3.02. The average Bonchev–Trinajstić information content (AvgIpc) is 2.27. The first-order chi connectivity index (χ1) is 7.59.